The maximum absolute atomic E-state index is 11.4. The fourth-order valence-corrected chi connectivity index (χ4v) is 3.18. The highest BCUT2D eigenvalue weighted by atomic mass is 16.5. The normalized spacial score (nSPS) is 21.1. The Morgan fingerprint density at radius 2 is 2.08 bits per heavy atom. The number of carbonyl (C=O) groups is 1. The number of nitrogens with zero attached hydrogens (tertiary/aromatic N) is 3. The van der Waals surface area contributed by atoms with Crippen LogP contribution in [0.3, 0.4) is 0 Å². The molecule has 6 heteroatoms. The SMILES string of the molecule is COC(=O)C[C@@H]1CN(Cc2nccn2Cc2ccccc2)C[C@H]1O. The molecule has 1 aliphatic rings. The van der Waals surface area contributed by atoms with Crippen molar-refractivity contribution < 1.29 is 14.6 Å². The Morgan fingerprint density at radius 3 is 2.83 bits per heavy atom. The Hall–Kier alpha value is -2.18. The molecule has 2 atom stereocenters. The van der Waals surface area contributed by atoms with Crippen molar-refractivity contribution in [1.29, 1.82) is 0 Å². The molecule has 1 fully saturated rings. The monoisotopic (exact) mass is 329 g/mol. The molecule has 0 spiro atoms. The number of aliphatic hydroxyl groups is 1. The van der Waals surface area contributed by atoms with Gasteiger partial charge in [-0.3, -0.25) is 9.69 Å². The second-order valence-corrected chi connectivity index (χ2v) is 6.26. The minimum Gasteiger partial charge on any atom is -0.469 e. The van der Waals surface area contributed by atoms with Gasteiger partial charge in [-0.1, -0.05) is 30.3 Å². The predicted molar refractivity (Wildman–Crippen MR) is 89.2 cm³/mol. The van der Waals surface area contributed by atoms with Crippen molar-refractivity contribution in [3.63, 3.8) is 0 Å². The van der Waals surface area contributed by atoms with Gasteiger partial charge in [0.1, 0.15) is 5.82 Å². The number of methoxy groups -OCH3 is 1. The molecular formula is C18H23N3O3. The second kappa shape index (κ2) is 7.59. The molecule has 0 radical (unpaired) electrons. The van der Waals surface area contributed by atoms with Gasteiger partial charge in [0.15, 0.2) is 0 Å². The third-order valence-corrected chi connectivity index (χ3v) is 4.50. The molecule has 1 saturated heterocycles. The molecular weight excluding hydrogens is 306 g/mol. The summed E-state index contributed by atoms with van der Waals surface area (Å²) in [5, 5.41) is 10.2. The Morgan fingerprint density at radius 1 is 1.29 bits per heavy atom. The standard InChI is InChI=1S/C18H23N3O3/c1-24-18(23)9-15-11-20(12-16(15)22)13-17-19-7-8-21(17)10-14-5-3-2-4-6-14/h2-8,15-16,22H,9-13H2,1H3/t15-,16-/m1/s1. The summed E-state index contributed by atoms with van der Waals surface area (Å²) in [6.45, 7) is 2.67. The van der Waals surface area contributed by atoms with Crippen LogP contribution >= 0.6 is 0 Å². The van der Waals surface area contributed by atoms with E-state index in [1.807, 2.05) is 24.4 Å². The topological polar surface area (TPSA) is 67.6 Å². The molecule has 0 aliphatic carbocycles. The number of esters is 1. The quantitative estimate of drug-likeness (QED) is 0.809. The first-order valence-corrected chi connectivity index (χ1v) is 8.17. The van der Waals surface area contributed by atoms with Crippen LogP contribution in [0.25, 0.3) is 0 Å². The average molecular weight is 329 g/mol. The van der Waals surface area contributed by atoms with E-state index in [0.717, 1.165) is 12.4 Å². The summed E-state index contributed by atoms with van der Waals surface area (Å²) < 4.78 is 6.82. The van der Waals surface area contributed by atoms with Crippen LogP contribution in [-0.4, -0.2) is 51.8 Å². The van der Waals surface area contributed by atoms with Crippen LogP contribution in [0, 0.1) is 5.92 Å². The molecule has 1 aromatic carbocycles. The lowest BCUT2D eigenvalue weighted by molar-refractivity contribution is -0.142. The number of aliphatic hydroxyl groups excluding tert-OH is 1. The molecule has 6 nitrogen and oxygen atoms in total. The molecule has 1 N–H and O–H groups in total. The summed E-state index contributed by atoms with van der Waals surface area (Å²) in [4.78, 5) is 18.0. The Labute approximate surface area is 141 Å². The zero-order valence-corrected chi connectivity index (χ0v) is 13.8. The second-order valence-electron chi connectivity index (χ2n) is 6.26. The number of imidazole rings is 1. The van der Waals surface area contributed by atoms with E-state index in [2.05, 4.69) is 26.6 Å². The van der Waals surface area contributed by atoms with Gasteiger partial charge in [-0.25, -0.2) is 4.98 Å². The van der Waals surface area contributed by atoms with Gasteiger partial charge in [0.05, 0.1) is 26.2 Å². The number of aromatic nitrogens is 2. The number of hydrogen-bond donors (Lipinski definition) is 1. The van der Waals surface area contributed by atoms with Gasteiger partial charge >= 0.3 is 5.97 Å². The number of rotatable bonds is 6. The van der Waals surface area contributed by atoms with Crippen molar-refractivity contribution in [2.45, 2.75) is 25.6 Å². The predicted octanol–water partition coefficient (Wildman–Crippen LogP) is 1.29. The summed E-state index contributed by atoms with van der Waals surface area (Å²) in [5.74, 6) is 0.617. The summed E-state index contributed by atoms with van der Waals surface area (Å²) in [6.07, 6.45) is 3.53. The smallest absolute Gasteiger partial charge is 0.305 e. The largest absolute Gasteiger partial charge is 0.469 e. The van der Waals surface area contributed by atoms with Crippen LogP contribution in [0.1, 0.15) is 17.8 Å². The molecule has 0 amide bonds. The molecule has 24 heavy (non-hydrogen) atoms. The van der Waals surface area contributed by atoms with E-state index in [9.17, 15) is 9.90 Å². The first-order chi connectivity index (χ1) is 11.7. The summed E-state index contributed by atoms with van der Waals surface area (Å²) >= 11 is 0. The van der Waals surface area contributed by atoms with Crippen LogP contribution in [0.5, 0.6) is 0 Å². The van der Waals surface area contributed by atoms with Gasteiger partial charge < -0.3 is 14.4 Å². The van der Waals surface area contributed by atoms with Gasteiger partial charge in [-0.2, -0.15) is 0 Å². The Bertz CT molecular complexity index is 671. The van der Waals surface area contributed by atoms with Crippen molar-refractivity contribution in [1.82, 2.24) is 14.5 Å². The van der Waals surface area contributed by atoms with Crippen molar-refractivity contribution in [2.24, 2.45) is 5.92 Å². The average Bonchev–Trinajstić information content (AvgIpc) is 3.15. The third kappa shape index (κ3) is 4.01. The van der Waals surface area contributed by atoms with E-state index in [0.29, 0.717) is 19.6 Å². The molecule has 1 aromatic heterocycles. The molecule has 128 valence electrons. The maximum Gasteiger partial charge on any atom is 0.305 e. The van der Waals surface area contributed by atoms with Gasteiger partial charge in [0, 0.05) is 37.9 Å². The van der Waals surface area contributed by atoms with Crippen LogP contribution in [0.2, 0.25) is 0 Å². The summed E-state index contributed by atoms with van der Waals surface area (Å²) in [7, 11) is 1.38. The highest BCUT2D eigenvalue weighted by Gasteiger charge is 2.33. The van der Waals surface area contributed by atoms with E-state index in [1.54, 1.807) is 6.20 Å². The summed E-state index contributed by atoms with van der Waals surface area (Å²) in [6, 6.07) is 10.2. The third-order valence-electron chi connectivity index (χ3n) is 4.50. The van der Waals surface area contributed by atoms with Gasteiger partial charge in [0.25, 0.3) is 0 Å². The number of hydrogen-bond acceptors (Lipinski definition) is 5. The molecule has 2 aromatic rings. The lowest BCUT2D eigenvalue weighted by Crippen LogP contribution is -2.23. The molecule has 0 unspecified atom stereocenters. The fourth-order valence-electron chi connectivity index (χ4n) is 3.18. The first-order valence-electron chi connectivity index (χ1n) is 8.17. The minimum absolute atomic E-state index is 0.0741. The molecule has 3 rings (SSSR count). The first kappa shape index (κ1) is 16.7. The van der Waals surface area contributed by atoms with Crippen LogP contribution in [0.15, 0.2) is 42.7 Å². The Balaban J connectivity index is 1.61. The zero-order valence-electron chi connectivity index (χ0n) is 13.8. The number of likely N-dealkylation sites (tertiary alicyclic amines) is 1. The van der Waals surface area contributed by atoms with E-state index in [-0.39, 0.29) is 18.3 Å². The van der Waals surface area contributed by atoms with Crippen LogP contribution < -0.4 is 0 Å². The minimum atomic E-state index is -0.498. The molecule has 0 bridgehead atoms. The van der Waals surface area contributed by atoms with E-state index in [4.69, 9.17) is 4.74 Å². The van der Waals surface area contributed by atoms with Crippen molar-refractivity contribution in [3.05, 3.63) is 54.1 Å². The van der Waals surface area contributed by atoms with E-state index in [1.165, 1.54) is 12.7 Å². The molecule has 2 heterocycles. The molecule has 1 aliphatic heterocycles. The van der Waals surface area contributed by atoms with Gasteiger partial charge in [-0.15, -0.1) is 0 Å². The van der Waals surface area contributed by atoms with Crippen molar-refractivity contribution in [2.75, 3.05) is 20.2 Å². The highest BCUT2D eigenvalue weighted by Crippen LogP contribution is 2.22. The zero-order chi connectivity index (χ0) is 16.9. The number of β-amino-alcohol motifs (C(OH)–C–C–N with tert-alkyl or cyclic N) is 1. The lowest BCUT2D eigenvalue weighted by Gasteiger charge is -2.16. The fraction of sp³-hybridized carbons (Fsp3) is 0.444. The lowest BCUT2D eigenvalue weighted by atomic mass is 10.0. The van der Waals surface area contributed by atoms with Crippen LogP contribution in [-0.2, 0) is 22.6 Å². The number of ether oxygens (including phenoxy) is 1. The van der Waals surface area contributed by atoms with Gasteiger partial charge in [-0.05, 0) is 5.56 Å². The molecule has 0 saturated carbocycles. The maximum atomic E-state index is 11.4. The van der Waals surface area contributed by atoms with Gasteiger partial charge in [0.2, 0.25) is 0 Å². The van der Waals surface area contributed by atoms with E-state index < -0.39 is 6.10 Å². The number of benzene rings is 1. The highest BCUT2D eigenvalue weighted by molar-refractivity contribution is 5.69. The Kier molecular flexibility index (Phi) is 5.27. The summed E-state index contributed by atoms with van der Waals surface area (Å²) in [5.41, 5.74) is 1.22. The number of carbonyl (C=O) groups excluding carboxylic acids is 1. The van der Waals surface area contributed by atoms with Crippen LogP contribution in [0.4, 0.5) is 0 Å². The van der Waals surface area contributed by atoms with Crippen molar-refractivity contribution in [3.8, 4) is 0 Å². The van der Waals surface area contributed by atoms with E-state index >= 15 is 0 Å². The van der Waals surface area contributed by atoms with Crippen molar-refractivity contribution >= 4 is 5.97 Å².